The van der Waals surface area contributed by atoms with Crippen LogP contribution in [0.3, 0.4) is 0 Å². The third-order valence-electron chi connectivity index (χ3n) is 3.73. The first kappa shape index (κ1) is 18.1. The second kappa shape index (κ2) is 8.57. The number of rotatable bonds is 6. The summed E-state index contributed by atoms with van der Waals surface area (Å²) in [5.41, 5.74) is 2.15. The van der Waals surface area contributed by atoms with Crippen LogP contribution >= 0.6 is 11.3 Å². The molecule has 0 saturated heterocycles. The van der Waals surface area contributed by atoms with E-state index in [0.717, 1.165) is 41.1 Å². The minimum absolute atomic E-state index is 0.562. The van der Waals surface area contributed by atoms with E-state index < -0.39 is 0 Å². The van der Waals surface area contributed by atoms with Gasteiger partial charge in [-0.2, -0.15) is 5.10 Å². The summed E-state index contributed by atoms with van der Waals surface area (Å²) in [6.07, 6.45) is 5.40. The number of thiazole rings is 1. The van der Waals surface area contributed by atoms with Crippen LogP contribution in [0.25, 0.3) is 5.82 Å². The number of nitrogens with zero attached hydrogens (tertiary/aromatic N) is 5. The molecule has 3 aromatic rings. The second-order valence-electron chi connectivity index (χ2n) is 5.76. The standard InChI is InChI=1S/C18H23N7S/c1-4-19-18(22-12-16-13(2)24-14(3)26-16)21-11-15-6-8-20-17(10-15)25-9-5-7-23-25/h5-10H,4,11-12H2,1-3H3,(H2,19,21,22). The molecule has 0 aliphatic rings. The quantitative estimate of drug-likeness (QED) is 0.516. The third-order valence-corrected chi connectivity index (χ3v) is 4.80. The van der Waals surface area contributed by atoms with Crippen molar-refractivity contribution < 1.29 is 0 Å². The summed E-state index contributed by atoms with van der Waals surface area (Å²) in [7, 11) is 0. The van der Waals surface area contributed by atoms with Crippen LogP contribution in [0.15, 0.2) is 41.8 Å². The first-order chi connectivity index (χ1) is 12.7. The van der Waals surface area contributed by atoms with Crippen molar-refractivity contribution >= 4 is 17.3 Å². The fraction of sp³-hybridized carbons (Fsp3) is 0.333. The van der Waals surface area contributed by atoms with Gasteiger partial charge in [-0.15, -0.1) is 11.3 Å². The summed E-state index contributed by atoms with van der Waals surface area (Å²) in [4.78, 5) is 14.7. The Hall–Kier alpha value is -2.74. The largest absolute Gasteiger partial charge is 0.357 e. The molecule has 3 aromatic heterocycles. The summed E-state index contributed by atoms with van der Waals surface area (Å²) >= 11 is 1.71. The van der Waals surface area contributed by atoms with E-state index in [9.17, 15) is 0 Å². The molecule has 0 amide bonds. The lowest BCUT2D eigenvalue weighted by molar-refractivity contribution is 0.815. The minimum atomic E-state index is 0.562. The van der Waals surface area contributed by atoms with Gasteiger partial charge in [-0.3, -0.25) is 0 Å². The van der Waals surface area contributed by atoms with E-state index in [-0.39, 0.29) is 0 Å². The first-order valence-electron chi connectivity index (χ1n) is 8.55. The second-order valence-corrected chi connectivity index (χ2v) is 7.05. The van der Waals surface area contributed by atoms with E-state index in [1.165, 1.54) is 4.88 Å². The number of hydrogen-bond donors (Lipinski definition) is 2. The van der Waals surface area contributed by atoms with Crippen molar-refractivity contribution in [1.82, 2.24) is 30.4 Å². The maximum Gasteiger partial charge on any atom is 0.191 e. The van der Waals surface area contributed by atoms with E-state index >= 15 is 0 Å². The summed E-state index contributed by atoms with van der Waals surface area (Å²) in [6, 6.07) is 5.84. The summed E-state index contributed by atoms with van der Waals surface area (Å²) < 4.78 is 1.74. The molecular formula is C18H23N7S. The Kier molecular flexibility index (Phi) is 5.96. The zero-order valence-corrected chi connectivity index (χ0v) is 16.0. The molecule has 8 heteroatoms. The molecule has 0 bridgehead atoms. The van der Waals surface area contributed by atoms with Crippen molar-refractivity contribution in [3.05, 3.63) is 57.9 Å². The van der Waals surface area contributed by atoms with Crippen molar-refractivity contribution in [3.63, 3.8) is 0 Å². The monoisotopic (exact) mass is 369 g/mol. The van der Waals surface area contributed by atoms with Crippen molar-refractivity contribution in [2.75, 3.05) is 6.54 Å². The average Bonchev–Trinajstić information content (AvgIpc) is 3.27. The Morgan fingerprint density at radius 3 is 2.85 bits per heavy atom. The van der Waals surface area contributed by atoms with Crippen LogP contribution < -0.4 is 10.6 Å². The molecular weight excluding hydrogens is 346 g/mol. The normalized spacial score (nSPS) is 11.6. The molecule has 7 nitrogen and oxygen atoms in total. The lowest BCUT2D eigenvalue weighted by atomic mass is 10.2. The van der Waals surface area contributed by atoms with Gasteiger partial charge in [0.1, 0.15) is 0 Å². The highest BCUT2D eigenvalue weighted by Gasteiger charge is 2.06. The van der Waals surface area contributed by atoms with Crippen LogP contribution in [-0.2, 0) is 13.1 Å². The zero-order valence-electron chi connectivity index (χ0n) is 15.2. The van der Waals surface area contributed by atoms with Crippen LogP contribution in [0, 0.1) is 13.8 Å². The number of aliphatic imine (C=N–C) groups is 1. The van der Waals surface area contributed by atoms with Crippen LogP contribution in [0.4, 0.5) is 0 Å². The molecule has 0 radical (unpaired) electrons. The molecule has 26 heavy (non-hydrogen) atoms. The Morgan fingerprint density at radius 2 is 2.15 bits per heavy atom. The van der Waals surface area contributed by atoms with E-state index in [1.807, 2.05) is 38.2 Å². The van der Waals surface area contributed by atoms with Crippen LogP contribution in [0.1, 0.15) is 28.1 Å². The molecule has 136 valence electrons. The average molecular weight is 369 g/mol. The number of guanidine groups is 1. The number of hydrogen-bond acceptors (Lipinski definition) is 5. The van der Waals surface area contributed by atoms with Gasteiger partial charge in [0.15, 0.2) is 11.8 Å². The lowest BCUT2D eigenvalue weighted by Crippen LogP contribution is -2.36. The lowest BCUT2D eigenvalue weighted by Gasteiger charge is -2.11. The Balaban J connectivity index is 1.67. The summed E-state index contributed by atoms with van der Waals surface area (Å²) in [5.74, 6) is 1.58. The highest BCUT2D eigenvalue weighted by molar-refractivity contribution is 7.11. The number of nitrogens with one attached hydrogen (secondary N) is 2. The third kappa shape index (κ3) is 4.66. The van der Waals surface area contributed by atoms with Crippen LogP contribution in [-0.4, -0.2) is 32.3 Å². The molecule has 3 rings (SSSR count). The van der Waals surface area contributed by atoms with Gasteiger partial charge < -0.3 is 10.6 Å². The van der Waals surface area contributed by atoms with Crippen LogP contribution in [0.5, 0.6) is 0 Å². The summed E-state index contributed by atoms with van der Waals surface area (Å²) in [5, 5.41) is 12.0. The summed E-state index contributed by atoms with van der Waals surface area (Å²) in [6.45, 7) is 8.22. The Morgan fingerprint density at radius 1 is 1.27 bits per heavy atom. The minimum Gasteiger partial charge on any atom is -0.357 e. The fourth-order valence-corrected chi connectivity index (χ4v) is 3.38. The predicted molar refractivity (Wildman–Crippen MR) is 105 cm³/mol. The molecule has 0 saturated carbocycles. The molecule has 0 aliphatic heterocycles. The smallest absolute Gasteiger partial charge is 0.191 e. The molecule has 0 aromatic carbocycles. The van der Waals surface area contributed by atoms with Gasteiger partial charge in [-0.1, -0.05) is 0 Å². The molecule has 3 heterocycles. The molecule has 0 spiro atoms. The van der Waals surface area contributed by atoms with E-state index in [0.29, 0.717) is 6.54 Å². The first-order valence-corrected chi connectivity index (χ1v) is 9.37. The molecule has 0 fully saturated rings. The van der Waals surface area contributed by atoms with Gasteiger partial charge in [0.05, 0.1) is 23.8 Å². The topological polar surface area (TPSA) is 80.0 Å². The van der Waals surface area contributed by atoms with Gasteiger partial charge in [-0.05, 0) is 44.5 Å². The maximum atomic E-state index is 4.68. The van der Waals surface area contributed by atoms with Crippen molar-refractivity contribution in [2.45, 2.75) is 33.9 Å². The highest BCUT2D eigenvalue weighted by Crippen LogP contribution is 2.16. The van der Waals surface area contributed by atoms with Gasteiger partial charge in [0, 0.05) is 30.0 Å². The van der Waals surface area contributed by atoms with E-state index in [2.05, 4.69) is 37.6 Å². The van der Waals surface area contributed by atoms with Gasteiger partial charge in [0.25, 0.3) is 0 Å². The van der Waals surface area contributed by atoms with Gasteiger partial charge >= 0.3 is 0 Å². The van der Waals surface area contributed by atoms with Gasteiger partial charge in [0.2, 0.25) is 0 Å². The highest BCUT2D eigenvalue weighted by atomic mass is 32.1. The Labute approximate surface area is 157 Å². The molecule has 0 atom stereocenters. The molecule has 2 N–H and O–H groups in total. The van der Waals surface area contributed by atoms with Gasteiger partial charge in [-0.25, -0.2) is 19.6 Å². The number of aryl methyl sites for hydroxylation is 2. The van der Waals surface area contributed by atoms with Crippen LogP contribution in [0.2, 0.25) is 0 Å². The number of pyridine rings is 1. The van der Waals surface area contributed by atoms with Crippen molar-refractivity contribution in [1.29, 1.82) is 0 Å². The number of aromatic nitrogens is 4. The van der Waals surface area contributed by atoms with Crippen molar-refractivity contribution in [2.24, 2.45) is 4.99 Å². The molecule has 0 unspecified atom stereocenters. The maximum absolute atomic E-state index is 4.68. The van der Waals surface area contributed by atoms with Crippen molar-refractivity contribution in [3.8, 4) is 5.82 Å². The SMILES string of the molecule is CCNC(=NCc1ccnc(-n2cccn2)c1)NCc1sc(C)nc1C. The fourth-order valence-electron chi connectivity index (χ4n) is 2.50. The molecule has 0 aliphatic carbocycles. The predicted octanol–water partition coefficient (Wildman–Crippen LogP) is 2.60. The Bertz CT molecular complexity index is 868. The zero-order chi connectivity index (χ0) is 18.4. The van der Waals surface area contributed by atoms with E-state index in [4.69, 9.17) is 0 Å². The van der Waals surface area contributed by atoms with E-state index in [1.54, 1.807) is 28.4 Å².